The van der Waals surface area contributed by atoms with Crippen LogP contribution in [0.1, 0.15) is 76.5 Å². The molecule has 0 amide bonds. The van der Waals surface area contributed by atoms with E-state index >= 15 is 0 Å². The lowest BCUT2D eigenvalue weighted by Crippen LogP contribution is -2.20. The third kappa shape index (κ3) is 4.95. The van der Waals surface area contributed by atoms with Crippen molar-refractivity contribution in [1.82, 2.24) is 9.97 Å². The van der Waals surface area contributed by atoms with Crippen LogP contribution >= 0.6 is 0 Å². The number of nitrogens with zero attached hydrogens (tertiary/aromatic N) is 4. The van der Waals surface area contributed by atoms with Crippen LogP contribution in [-0.4, -0.2) is 52.8 Å². The number of rotatable bonds is 6. The molecule has 2 aromatic heterocycles. The molecular weight excluding hydrogens is 444 g/mol. The topological polar surface area (TPSA) is 87.4 Å². The van der Waals surface area contributed by atoms with Gasteiger partial charge in [0.05, 0.1) is 23.5 Å². The van der Waals surface area contributed by atoms with Crippen LogP contribution in [0.25, 0.3) is 0 Å². The highest BCUT2D eigenvalue weighted by Crippen LogP contribution is 2.46. The largest absolute Gasteiger partial charge is 0.474 e. The number of pyridine rings is 2. The summed E-state index contributed by atoms with van der Waals surface area (Å²) in [6.07, 6.45) is -0.879. The van der Waals surface area contributed by atoms with Gasteiger partial charge >= 0.3 is 0 Å². The van der Waals surface area contributed by atoms with E-state index in [1.807, 2.05) is 50.2 Å². The van der Waals surface area contributed by atoms with Gasteiger partial charge in [-0.1, -0.05) is 39.8 Å². The van der Waals surface area contributed by atoms with Crippen LogP contribution in [0.3, 0.4) is 0 Å². The van der Waals surface area contributed by atoms with Crippen LogP contribution in [-0.2, 0) is 18.9 Å². The third-order valence-electron chi connectivity index (χ3n) is 6.55. The van der Waals surface area contributed by atoms with Gasteiger partial charge in [-0.3, -0.25) is 0 Å². The summed E-state index contributed by atoms with van der Waals surface area (Å²) >= 11 is 0. The van der Waals surface area contributed by atoms with Crippen LogP contribution < -0.4 is 0 Å². The number of hydrogen-bond acceptors (Lipinski definition) is 8. The maximum atomic E-state index is 6.33. The van der Waals surface area contributed by atoms with Crippen molar-refractivity contribution in [2.24, 2.45) is 21.8 Å². The second-order valence-corrected chi connectivity index (χ2v) is 10.5. The van der Waals surface area contributed by atoms with E-state index < -0.39 is 18.0 Å². The smallest absolute Gasteiger partial charge is 0.235 e. The van der Waals surface area contributed by atoms with Crippen molar-refractivity contribution in [3.63, 3.8) is 0 Å². The fourth-order valence-electron chi connectivity index (χ4n) is 4.39. The minimum Gasteiger partial charge on any atom is -0.474 e. The lowest BCUT2D eigenvalue weighted by molar-refractivity contribution is -0.148. The highest BCUT2D eigenvalue weighted by atomic mass is 16.8. The summed E-state index contributed by atoms with van der Waals surface area (Å²) in [4.78, 5) is 19.2. The van der Waals surface area contributed by atoms with E-state index in [0.717, 1.165) is 11.4 Å². The normalized spacial score (nSPS) is 27.7. The second-order valence-electron chi connectivity index (χ2n) is 10.5. The van der Waals surface area contributed by atoms with Gasteiger partial charge in [-0.05, 0) is 49.9 Å². The van der Waals surface area contributed by atoms with Crippen LogP contribution in [0, 0.1) is 11.8 Å². The van der Waals surface area contributed by atoms with Gasteiger partial charge in [0.15, 0.2) is 5.79 Å². The number of aromatic nitrogens is 2. The first-order chi connectivity index (χ1) is 16.7. The Balaban J connectivity index is 1.44. The van der Waals surface area contributed by atoms with E-state index in [9.17, 15) is 0 Å². The van der Waals surface area contributed by atoms with E-state index in [0.29, 0.717) is 48.2 Å². The Morgan fingerprint density at radius 1 is 0.714 bits per heavy atom. The van der Waals surface area contributed by atoms with E-state index in [1.54, 1.807) is 0 Å². The van der Waals surface area contributed by atoms with Crippen molar-refractivity contribution in [2.45, 2.75) is 71.6 Å². The van der Waals surface area contributed by atoms with E-state index in [1.165, 1.54) is 0 Å². The summed E-state index contributed by atoms with van der Waals surface area (Å²) in [6, 6.07) is 11.9. The highest BCUT2D eigenvalue weighted by Gasteiger charge is 2.45. The third-order valence-corrected chi connectivity index (χ3v) is 6.55. The highest BCUT2D eigenvalue weighted by molar-refractivity contribution is 5.93. The molecule has 0 spiro atoms. The van der Waals surface area contributed by atoms with Crippen molar-refractivity contribution in [3.8, 4) is 0 Å². The van der Waals surface area contributed by atoms with Crippen LogP contribution in [0.2, 0.25) is 0 Å². The molecule has 2 aromatic rings. The summed E-state index contributed by atoms with van der Waals surface area (Å²) in [5, 5.41) is 0. The van der Waals surface area contributed by atoms with Gasteiger partial charge in [0.25, 0.3) is 0 Å². The molecule has 3 aliphatic heterocycles. The minimum atomic E-state index is -0.793. The van der Waals surface area contributed by atoms with Crippen molar-refractivity contribution >= 4 is 11.8 Å². The zero-order valence-electron chi connectivity index (χ0n) is 21.3. The van der Waals surface area contributed by atoms with Gasteiger partial charge in [-0.15, -0.1) is 0 Å². The first-order valence-electron chi connectivity index (χ1n) is 12.4. The lowest BCUT2D eigenvalue weighted by atomic mass is 10.1. The Bertz CT molecular complexity index is 1060. The molecule has 0 bridgehead atoms. The molecule has 0 N–H and O–H groups in total. The lowest BCUT2D eigenvalue weighted by Gasteiger charge is -2.17. The first-order valence-corrected chi connectivity index (χ1v) is 12.4. The maximum Gasteiger partial charge on any atom is 0.235 e. The fraction of sp³-hybridized carbons (Fsp3) is 0.556. The molecule has 35 heavy (non-hydrogen) atoms. The first kappa shape index (κ1) is 23.9. The standard InChI is InChI=1S/C27H34N4O4/c1-15(2)21-13-32-25(30-21)19-11-7-9-17(28-19)23-24(35-27(5,6)34-23)18-10-8-12-20(29-18)26-31-22(14-33-26)16(3)4/h7-12,15-16,21-24H,13-14H2,1-6H3/t21-,22-,23-,24-/m0/s1. The monoisotopic (exact) mass is 478 g/mol. The predicted octanol–water partition coefficient (Wildman–Crippen LogP) is 4.64. The molecular formula is C27H34N4O4. The molecule has 0 aromatic carbocycles. The van der Waals surface area contributed by atoms with Crippen LogP contribution in [0.5, 0.6) is 0 Å². The van der Waals surface area contributed by atoms with Gasteiger partial charge in [-0.2, -0.15) is 0 Å². The summed E-state index contributed by atoms with van der Waals surface area (Å²) in [7, 11) is 0. The van der Waals surface area contributed by atoms with Gasteiger partial charge in [0, 0.05) is 0 Å². The van der Waals surface area contributed by atoms with Gasteiger partial charge in [0.1, 0.15) is 36.8 Å². The molecule has 1 saturated heterocycles. The average Bonchev–Trinajstić information content (AvgIpc) is 3.58. The van der Waals surface area contributed by atoms with E-state index in [-0.39, 0.29) is 12.1 Å². The zero-order valence-corrected chi connectivity index (χ0v) is 21.3. The summed E-state index contributed by atoms with van der Waals surface area (Å²) in [5.41, 5.74) is 2.90. The van der Waals surface area contributed by atoms with E-state index in [4.69, 9.17) is 38.9 Å². The number of ether oxygens (including phenoxy) is 4. The molecule has 0 saturated carbocycles. The van der Waals surface area contributed by atoms with Crippen molar-refractivity contribution < 1.29 is 18.9 Å². The molecule has 1 fully saturated rings. The van der Waals surface area contributed by atoms with Crippen molar-refractivity contribution in [1.29, 1.82) is 0 Å². The van der Waals surface area contributed by atoms with E-state index in [2.05, 4.69) is 27.7 Å². The SMILES string of the molecule is CC(C)[C@@H]1COC(c2cccc([C@@H]3OC(C)(C)O[C@H]3c3cccc(C4=N[C@H](C(C)C)CO4)n3)n2)=N1. The maximum absolute atomic E-state index is 6.33. The Labute approximate surface area is 206 Å². The van der Waals surface area contributed by atoms with Crippen molar-refractivity contribution in [2.75, 3.05) is 13.2 Å². The Morgan fingerprint density at radius 2 is 1.14 bits per heavy atom. The quantitative estimate of drug-likeness (QED) is 0.601. The molecule has 0 aliphatic carbocycles. The molecule has 5 heterocycles. The molecule has 4 atom stereocenters. The van der Waals surface area contributed by atoms with Gasteiger partial charge in [-0.25, -0.2) is 20.0 Å². The van der Waals surface area contributed by atoms with Gasteiger partial charge in [0.2, 0.25) is 11.8 Å². The van der Waals surface area contributed by atoms with Crippen molar-refractivity contribution in [3.05, 3.63) is 59.2 Å². The summed E-state index contributed by atoms with van der Waals surface area (Å²) < 4.78 is 24.4. The Morgan fingerprint density at radius 3 is 1.51 bits per heavy atom. The molecule has 8 nitrogen and oxygen atoms in total. The number of hydrogen-bond donors (Lipinski definition) is 0. The number of aliphatic imine (C=N–C) groups is 2. The van der Waals surface area contributed by atoms with Crippen LogP contribution in [0.15, 0.2) is 46.4 Å². The summed E-state index contributed by atoms with van der Waals surface area (Å²) in [5.74, 6) is 1.19. The molecule has 5 rings (SSSR count). The van der Waals surface area contributed by atoms with Gasteiger partial charge < -0.3 is 18.9 Å². The van der Waals surface area contributed by atoms with Crippen LogP contribution in [0.4, 0.5) is 0 Å². The molecule has 0 radical (unpaired) electrons. The second kappa shape index (κ2) is 9.32. The predicted molar refractivity (Wildman–Crippen MR) is 132 cm³/mol. The fourth-order valence-corrected chi connectivity index (χ4v) is 4.39. The minimum absolute atomic E-state index is 0.149. The molecule has 3 aliphatic rings. The Hall–Kier alpha value is -2.84. The molecule has 0 unspecified atom stereocenters. The molecule has 186 valence electrons. The Kier molecular flexibility index (Phi) is 6.36. The summed E-state index contributed by atoms with van der Waals surface area (Å²) in [6.45, 7) is 13.6. The average molecular weight is 479 g/mol. The molecule has 8 heteroatoms. The zero-order chi connectivity index (χ0) is 24.7.